The number of carbonyl (C=O) groups excluding carboxylic acids is 1. The summed E-state index contributed by atoms with van der Waals surface area (Å²) in [6.45, 7) is 2.10. The molecule has 2 aliphatic rings. The topological polar surface area (TPSA) is 32.3 Å². The van der Waals surface area contributed by atoms with E-state index >= 15 is 0 Å². The molecule has 1 aliphatic heterocycles. The van der Waals surface area contributed by atoms with Gasteiger partial charge in [-0.15, -0.1) is 0 Å². The lowest BCUT2D eigenvalue weighted by atomic mass is 9.94. The third-order valence-corrected chi connectivity index (χ3v) is 3.88. The minimum atomic E-state index is -0.0561. The quantitative estimate of drug-likeness (QED) is 0.768. The molecule has 1 atom stereocenters. The predicted octanol–water partition coefficient (Wildman–Crippen LogP) is 2.20. The van der Waals surface area contributed by atoms with Gasteiger partial charge in [0.25, 0.3) is 5.91 Å². The zero-order chi connectivity index (χ0) is 11.5. The molecule has 2 rings (SSSR count). The van der Waals surface area contributed by atoms with E-state index < -0.39 is 0 Å². The Labute approximate surface area is 103 Å². The van der Waals surface area contributed by atoms with Gasteiger partial charge in [0.1, 0.15) is 6.04 Å². The highest BCUT2D eigenvalue weighted by Crippen LogP contribution is 2.26. The van der Waals surface area contributed by atoms with Crippen molar-refractivity contribution in [3.05, 3.63) is 0 Å². The predicted molar refractivity (Wildman–Crippen MR) is 68.1 cm³/mol. The van der Waals surface area contributed by atoms with Crippen LogP contribution in [0.3, 0.4) is 0 Å². The number of hydrogen-bond acceptors (Lipinski definition) is 2. The lowest BCUT2D eigenvalue weighted by Crippen LogP contribution is -2.41. The van der Waals surface area contributed by atoms with Gasteiger partial charge < -0.3 is 5.32 Å². The van der Waals surface area contributed by atoms with Crippen LogP contribution in [0.4, 0.5) is 0 Å². The molecule has 2 fully saturated rings. The van der Waals surface area contributed by atoms with Crippen molar-refractivity contribution < 1.29 is 4.79 Å². The molecule has 0 aromatic carbocycles. The number of hydrogen-bond donors (Lipinski definition) is 1. The normalized spacial score (nSPS) is 27.3. The summed E-state index contributed by atoms with van der Waals surface area (Å²) in [6.07, 6.45) is 7.91. The van der Waals surface area contributed by atoms with Crippen molar-refractivity contribution in [1.29, 1.82) is 0 Å². The van der Waals surface area contributed by atoms with E-state index in [1.165, 1.54) is 19.3 Å². The first-order valence-corrected chi connectivity index (χ1v) is 6.78. The average Bonchev–Trinajstić information content (AvgIpc) is 2.56. The van der Waals surface area contributed by atoms with Crippen molar-refractivity contribution in [2.45, 2.75) is 64.0 Å². The van der Waals surface area contributed by atoms with E-state index in [-0.39, 0.29) is 11.9 Å². The fourth-order valence-corrected chi connectivity index (χ4v) is 3.10. The highest BCUT2D eigenvalue weighted by atomic mass is 32.1. The molecule has 0 bridgehead atoms. The van der Waals surface area contributed by atoms with Crippen LogP contribution in [-0.4, -0.2) is 28.0 Å². The molecule has 1 saturated carbocycles. The largest absolute Gasteiger partial charge is 0.350 e. The van der Waals surface area contributed by atoms with Crippen molar-refractivity contribution in [3.63, 3.8) is 0 Å². The van der Waals surface area contributed by atoms with Gasteiger partial charge in [-0.3, -0.25) is 9.69 Å². The van der Waals surface area contributed by atoms with Crippen LogP contribution in [0.5, 0.6) is 0 Å². The first kappa shape index (κ1) is 11.8. The smallest absolute Gasteiger partial charge is 0.251 e. The molecule has 1 heterocycles. The number of amides is 1. The summed E-state index contributed by atoms with van der Waals surface area (Å²) >= 11 is 5.28. The summed E-state index contributed by atoms with van der Waals surface area (Å²) in [5.41, 5.74) is 0. The second-order valence-electron chi connectivity index (χ2n) is 4.79. The molecule has 1 amide bonds. The van der Waals surface area contributed by atoms with Crippen molar-refractivity contribution >= 4 is 23.2 Å². The van der Waals surface area contributed by atoms with E-state index in [2.05, 4.69) is 12.2 Å². The Balaban J connectivity index is 2.03. The lowest BCUT2D eigenvalue weighted by molar-refractivity contribution is -0.129. The molecule has 1 saturated heterocycles. The van der Waals surface area contributed by atoms with Crippen molar-refractivity contribution in [2.24, 2.45) is 0 Å². The van der Waals surface area contributed by atoms with E-state index in [4.69, 9.17) is 12.2 Å². The molecule has 1 aliphatic carbocycles. The minimum absolute atomic E-state index is 0.0561. The van der Waals surface area contributed by atoms with Gasteiger partial charge in [-0.05, 0) is 31.5 Å². The summed E-state index contributed by atoms with van der Waals surface area (Å²) in [7, 11) is 0. The minimum Gasteiger partial charge on any atom is -0.350 e. The number of thiocarbonyl (C=S) groups is 1. The molecular weight excluding hydrogens is 220 g/mol. The standard InChI is InChI=1S/C12H20N2OS/c1-2-6-10-11(15)14(12(16)13-10)9-7-4-3-5-8-9/h9-10H,2-8H2,1H3,(H,13,16)/t10-/m0/s1. The third-order valence-electron chi connectivity index (χ3n) is 3.57. The van der Waals surface area contributed by atoms with Crippen LogP contribution in [0.25, 0.3) is 0 Å². The zero-order valence-corrected chi connectivity index (χ0v) is 10.7. The fourth-order valence-electron chi connectivity index (χ4n) is 2.72. The first-order chi connectivity index (χ1) is 7.74. The Hall–Kier alpha value is -0.640. The van der Waals surface area contributed by atoms with Crippen LogP contribution >= 0.6 is 12.2 Å². The Kier molecular flexibility index (Phi) is 3.79. The Morgan fingerprint density at radius 2 is 2.06 bits per heavy atom. The van der Waals surface area contributed by atoms with Gasteiger partial charge in [0.15, 0.2) is 5.11 Å². The van der Waals surface area contributed by atoms with Gasteiger partial charge >= 0.3 is 0 Å². The van der Waals surface area contributed by atoms with Gasteiger partial charge in [0, 0.05) is 6.04 Å². The second kappa shape index (κ2) is 5.13. The highest BCUT2D eigenvalue weighted by Gasteiger charge is 2.38. The Morgan fingerprint density at radius 1 is 1.38 bits per heavy atom. The first-order valence-electron chi connectivity index (χ1n) is 6.37. The van der Waals surface area contributed by atoms with Gasteiger partial charge in [0.05, 0.1) is 0 Å². The lowest BCUT2D eigenvalue weighted by Gasteiger charge is -2.30. The van der Waals surface area contributed by atoms with Crippen LogP contribution in [0, 0.1) is 0 Å². The van der Waals surface area contributed by atoms with Crippen molar-refractivity contribution in [2.75, 3.05) is 0 Å². The van der Waals surface area contributed by atoms with Gasteiger partial charge in [-0.25, -0.2) is 0 Å². The van der Waals surface area contributed by atoms with Crippen LogP contribution in [0.1, 0.15) is 51.9 Å². The molecule has 3 nitrogen and oxygen atoms in total. The molecule has 90 valence electrons. The van der Waals surface area contributed by atoms with E-state index in [0.717, 1.165) is 25.7 Å². The summed E-state index contributed by atoms with van der Waals surface area (Å²) in [5, 5.41) is 3.82. The number of rotatable bonds is 3. The van der Waals surface area contributed by atoms with Gasteiger partial charge in [-0.1, -0.05) is 32.6 Å². The van der Waals surface area contributed by atoms with Crippen molar-refractivity contribution in [3.8, 4) is 0 Å². The molecule has 0 unspecified atom stereocenters. The maximum Gasteiger partial charge on any atom is 0.251 e. The second-order valence-corrected chi connectivity index (χ2v) is 5.18. The van der Waals surface area contributed by atoms with Crippen LogP contribution in [-0.2, 0) is 4.79 Å². The molecule has 0 radical (unpaired) electrons. The summed E-state index contributed by atoms with van der Waals surface area (Å²) in [4.78, 5) is 14.0. The summed E-state index contributed by atoms with van der Waals surface area (Å²) < 4.78 is 0. The average molecular weight is 240 g/mol. The van der Waals surface area contributed by atoms with Gasteiger partial charge in [0.2, 0.25) is 0 Å². The molecular formula is C12H20N2OS. The monoisotopic (exact) mass is 240 g/mol. The van der Waals surface area contributed by atoms with Gasteiger partial charge in [-0.2, -0.15) is 0 Å². The molecule has 0 aromatic heterocycles. The van der Waals surface area contributed by atoms with Crippen LogP contribution in [0.2, 0.25) is 0 Å². The molecule has 0 aromatic rings. The number of nitrogens with one attached hydrogen (secondary N) is 1. The summed E-state index contributed by atoms with van der Waals surface area (Å²) in [5.74, 6) is 0.207. The molecule has 4 heteroatoms. The van der Waals surface area contributed by atoms with E-state index in [0.29, 0.717) is 11.2 Å². The Bertz CT molecular complexity index is 287. The SMILES string of the molecule is CCC[C@@H]1NC(=S)N(C2CCCCC2)C1=O. The molecule has 16 heavy (non-hydrogen) atoms. The maximum absolute atomic E-state index is 12.2. The van der Waals surface area contributed by atoms with E-state index in [1.807, 2.05) is 4.90 Å². The van der Waals surface area contributed by atoms with E-state index in [9.17, 15) is 4.79 Å². The number of carbonyl (C=O) groups is 1. The molecule has 0 spiro atoms. The van der Waals surface area contributed by atoms with Crippen LogP contribution < -0.4 is 5.32 Å². The number of nitrogens with zero attached hydrogens (tertiary/aromatic N) is 1. The van der Waals surface area contributed by atoms with Crippen molar-refractivity contribution in [1.82, 2.24) is 10.2 Å². The third kappa shape index (κ3) is 2.21. The van der Waals surface area contributed by atoms with E-state index in [1.54, 1.807) is 0 Å². The van der Waals surface area contributed by atoms with Crippen LogP contribution in [0.15, 0.2) is 0 Å². The zero-order valence-electron chi connectivity index (χ0n) is 9.87. The Morgan fingerprint density at radius 3 is 2.69 bits per heavy atom. The molecule has 1 N–H and O–H groups in total. The fraction of sp³-hybridized carbons (Fsp3) is 0.833. The maximum atomic E-state index is 12.2. The highest BCUT2D eigenvalue weighted by molar-refractivity contribution is 7.80. The summed E-state index contributed by atoms with van der Waals surface area (Å²) in [6, 6.07) is 0.308.